The van der Waals surface area contributed by atoms with Crippen LogP contribution in [0.1, 0.15) is 17.0 Å². The summed E-state index contributed by atoms with van der Waals surface area (Å²) in [5.74, 6) is 0.488. The highest BCUT2D eigenvalue weighted by molar-refractivity contribution is 5.92. The summed E-state index contributed by atoms with van der Waals surface area (Å²) in [6, 6.07) is 20.1. The first-order valence-electron chi connectivity index (χ1n) is 10.3. The van der Waals surface area contributed by atoms with Crippen molar-refractivity contribution in [2.45, 2.75) is 5.92 Å². The van der Waals surface area contributed by atoms with Crippen LogP contribution in [0, 0.1) is 10.1 Å². The van der Waals surface area contributed by atoms with Crippen LogP contribution in [0.4, 0.5) is 0 Å². The average Bonchev–Trinajstić information content (AvgIpc) is 3.14. The van der Waals surface area contributed by atoms with Crippen molar-refractivity contribution in [3.05, 3.63) is 88.0 Å². The Kier molecular flexibility index (Phi) is 6.08. The molecule has 1 N–H and O–H groups in total. The van der Waals surface area contributed by atoms with E-state index in [9.17, 15) is 15.3 Å². The minimum atomic E-state index is -0.706. The van der Waals surface area contributed by atoms with E-state index < -0.39 is 12.5 Å². The van der Waals surface area contributed by atoms with Crippen molar-refractivity contribution < 1.29 is 24.3 Å². The van der Waals surface area contributed by atoms with E-state index in [0.717, 1.165) is 15.7 Å². The van der Waals surface area contributed by atoms with Gasteiger partial charge in [-0.25, -0.2) is 0 Å². The number of ether oxygens (including phenoxy) is 3. The first kappa shape index (κ1) is 22.0. The molecule has 0 saturated heterocycles. The average molecular weight is 448 g/mol. The third-order valence-electron chi connectivity index (χ3n) is 5.71. The third kappa shape index (κ3) is 3.91. The number of hydrogen-bond donors (Lipinski definition) is 1. The van der Waals surface area contributed by atoms with Gasteiger partial charge in [0, 0.05) is 21.4 Å². The van der Waals surface area contributed by atoms with Crippen LogP contribution in [-0.4, -0.2) is 42.7 Å². The number of benzene rings is 3. The molecule has 8 nitrogen and oxygen atoms in total. The molecule has 0 amide bonds. The van der Waals surface area contributed by atoms with Gasteiger partial charge in [-0.05, 0) is 23.8 Å². The number of methoxy groups -OCH3 is 3. The van der Waals surface area contributed by atoms with E-state index in [0.29, 0.717) is 39.6 Å². The van der Waals surface area contributed by atoms with Crippen LogP contribution in [0.3, 0.4) is 0 Å². The van der Waals surface area contributed by atoms with Gasteiger partial charge >= 0.3 is 0 Å². The van der Waals surface area contributed by atoms with Crippen molar-refractivity contribution in [3.63, 3.8) is 0 Å². The van der Waals surface area contributed by atoms with Gasteiger partial charge in [-0.2, -0.15) is 4.73 Å². The maximum Gasteiger partial charge on any atom is 0.214 e. The zero-order valence-corrected chi connectivity index (χ0v) is 18.5. The molecule has 0 unspecified atom stereocenters. The van der Waals surface area contributed by atoms with E-state index in [1.165, 1.54) is 21.3 Å². The number of fused-ring (bicyclic) bond motifs is 1. The number of nitro groups is 1. The molecule has 0 aliphatic rings. The maximum absolute atomic E-state index is 11.8. The lowest BCUT2D eigenvalue weighted by Gasteiger charge is -2.19. The molecule has 0 fully saturated rings. The van der Waals surface area contributed by atoms with Gasteiger partial charge in [0.25, 0.3) is 0 Å². The van der Waals surface area contributed by atoms with Crippen LogP contribution < -0.4 is 14.2 Å². The molecule has 3 aromatic carbocycles. The van der Waals surface area contributed by atoms with Gasteiger partial charge in [0.05, 0.1) is 38.5 Å². The number of para-hydroxylation sites is 1. The van der Waals surface area contributed by atoms with Gasteiger partial charge in [0.15, 0.2) is 11.5 Å². The first-order valence-corrected chi connectivity index (χ1v) is 10.3. The Balaban J connectivity index is 2.06. The fourth-order valence-corrected chi connectivity index (χ4v) is 4.29. The molecule has 0 aliphatic heterocycles. The zero-order chi connectivity index (χ0) is 23.5. The van der Waals surface area contributed by atoms with E-state index >= 15 is 0 Å². The van der Waals surface area contributed by atoms with Gasteiger partial charge in [0.2, 0.25) is 12.3 Å². The second kappa shape index (κ2) is 9.12. The number of rotatable bonds is 8. The Labute approximate surface area is 190 Å². The summed E-state index contributed by atoms with van der Waals surface area (Å²) in [5.41, 5.74) is 3.05. The second-order valence-corrected chi connectivity index (χ2v) is 7.48. The van der Waals surface area contributed by atoms with Gasteiger partial charge in [-0.1, -0.05) is 48.5 Å². The molecule has 170 valence electrons. The number of nitrogens with zero attached hydrogens (tertiary/aromatic N) is 2. The van der Waals surface area contributed by atoms with E-state index in [4.69, 9.17) is 14.2 Å². The summed E-state index contributed by atoms with van der Waals surface area (Å²) in [6.07, 6.45) is 0. The van der Waals surface area contributed by atoms with Crippen LogP contribution in [0.2, 0.25) is 0 Å². The molecule has 1 heterocycles. The van der Waals surface area contributed by atoms with Crippen molar-refractivity contribution >= 4 is 10.9 Å². The van der Waals surface area contributed by atoms with Gasteiger partial charge in [-0.3, -0.25) is 10.1 Å². The Morgan fingerprint density at radius 2 is 1.55 bits per heavy atom. The Bertz CT molecular complexity index is 1270. The molecule has 1 aromatic heterocycles. The van der Waals surface area contributed by atoms with Crippen molar-refractivity contribution in [2.24, 2.45) is 0 Å². The smallest absolute Gasteiger partial charge is 0.214 e. The number of hydrogen-bond acceptors (Lipinski definition) is 6. The molecule has 33 heavy (non-hydrogen) atoms. The monoisotopic (exact) mass is 448 g/mol. The fraction of sp³-hybridized carbons (Fsp3) is 0.200. The lowest BCUT2D eigenvalue weighted by Crippen LogP contribution is -2.15. The maximum atomic E-state index is 11.8. The largest absolute Gasteiger partial charge is 0.493 e. The molecule has 4 aromatic rings. The third-order valence-corrected chi connectivity index (χ3v) is 5.71. The van der Waals surface area contributed by atoms with Crippen molar-refractivity contribution in [1.82, 2.24) is 4.73 Å². The van der Waals surface area contributed by atoms with E-state index in [2.05, 4.69) is 0 Å². The topological polar surface area (TPSA) is 96.0 Å². The summed E-state index contributed by atoms with van der Waals surface area (Å²) < 4.78 is 17.5. The van der Waals surface area contributed by atoms with Crippen LogP contribution in [0.25, 0.3) is 22.2 Å². The van der Waals surface area contributed by atoms with Gasteiger partial charge < -0.3 is 19.4 Å². The SMILES string of the molecule is COc1cc([C@@H](C[N+](=O)[O-])c2c(-c3ccccc3)n(O)c3ccccc23)cc(OC)c1OC. The molecule has 0 spiro atoms. The molecule has 4 rings (SSSR count). The van der Waals surface area contributed by atoms with Crippen molar-refractivity contribution in [1.29, 1.82) is 0 Å². The quantitative estimate of drug-likeness (QED) is 0.232. The zero-order valence-electron chi connectivity index (χ0n) is 18.5. The molecule has 0 aliphatic carbocycles. The normalized spacial score (nSPS) is 11.8. The van der Waals surface area contributed by atoms with Crippen LogP contribution >= 0.6 is 0 Å². The van der Waals surface area contributed by atoms with E-state index in [1.807, 2.05) is 48.5 Å². The second-order valence-electron chi connectivity index (χ2n) is 7.48. The van der Waals surface area contributed by atoms with Crippen molar-refractivity contribution in [3.8, 4) is 28.5 Å². The lowest BCUT2D eigenvalue weighted by atomic mass is 9.87. The summed E-state index contributed by atoms with van der Waals surface area (Å²) >= 11 is 0. The standard InChI is InChI=1S/C25H24N2O6/c1-31-21-13-17(14-22(32-2)25(21)33-3)19(15-26(28)29)23-18-11-7-8-12-20(18)27(30)24(23)16-9-5-4-6-10-16/h4-14,19,30H,15H2,1-3H3/t19-/m1/s1. The molecular formula is C25H24N2O6. The van der Waals surface area contributed by atoms with E-state index in [-0.39, 0.29) is 4.92 Å². The summed E-state index contributed by atoms with van der Waals surface area (Å²) in [6.45, 7) is -0.396. The molecular weight excluding hydrogens is 424 g/mol. The summed E-state index contributed by atoms with van der Waals surface area (Å²) in [5, 5.41) is 23.7. The van der Waals surface area contributed by atoms with Crippen molar-refractivity contribution in [2.75, 3.05) is 27.9 Å². The number of aromatic nitrogens is 1. The molecule has 0 bridgehead atoms. The molecule has 0 saturated carbocycles. The van der Waals surface area contributed by atoms with E-state index in [1.54, 1.807) is 18.2 Å². The Hall–Kier alpha value is -4.20. The Morgan fingerprint density at radius 3 is 2.12 bits per heavy atom. The highest BCUT2D eigenvalue weighted by Crippen LogP contribution is 2.45. The summed E-state index contributed by atoms with van der Waals surface area (Å²) in [4.78, 5) is 11.5. The molecule has 1 atom stereocenters. The van der Waals surface area contributed by atoms with Crippen LogP contribution in [0.15, 0.2) is 66.7 Å². The highest BCUT2D eigenvalue weighted by Gasteiger charge is 2.31. The fourth-order valence-electron chi connectivity index (χ4n) is 4.29. The van der Waals surface area contributed by atoms with Gasteiger partial charge in [-0.15, -0.1) is 0 Å². The van der Waals surface area contributed by atoms with Gasteiger partial charge in [0.1, 0.15) is 0 Å². The molecule has 8 heteroatoms. The minimum Gasteiger partial charge on any atom is -0.493 e. The molecule has 0 radical (unpaired) electrons. The van der Waals surface area contributed by atoms with Crippen LogP contribution in [-0.2, 0) is 0 Å². The first-order chi connectivity index (χ1) is 16.0. The lowest BCUT2D eigenvalue weighted by molar-refractivity contribution is -0.481. The predicted octanol–water partition coefficient (Wildman–Crippen LogP) is 4.98. The highest BCUT2D eigenvalue weighted by atomic mass is 16.6. The minimum absolute atomic E-state index is 0.355. The predicted molar refractivity (Wildman–Crippen MR) is 124 cm³/mol. The van der Waals surface area contributed by atoms with Crippen LogP contribution in [0.5, 0.6) is 17.2 Å². The Morgan fingerprint density at radius 1 is 0.939 bits per heavy atom. The summed E-state index contributed by atoms with van der Waals surface area (Å²) in [7, 11) is 4.50.